The van der Waals surface area contributed by atoms with Gasteiger partial charge in [0.05, 0.1) is 23.4 Å². The summed E-state index contributed by atoms with van der Waals surface area (Å²) in [6.07, 6.45) is 4.13. The molecule has 4 aliphatic rings. The molecule has 1 amide bonds. The maximum absolute atomic E-state index is 12.5. The van der Waals surface area contributed by atoms with Gasteiger partial charge in [-0.1, -0.05) is 36.3 Å². The predicted octanol–water partition coefficient (Wildman–Crippen LogP) is 2.25. The fourth-order valence-corrected chi connectivity index (χ4v) is 5.61. The molecule has 4 fully saturated rings. The van der Waals surface area contributed by atoms with Crippen molar-refractivity contribution in [3.63, 3.8) is 0 Å². The van der Waals surface area contributed by atoms with E-state index in [1.54, 1.807) is 24.3 Å². The average Bonchev–Trinajstić information content (AvgIpc) is 3.25. The van der Waals surface area contributed by atoms with Gasteiger partial charge in [-0.25, -0.2) is 0 Å². The molecule has 1 aromatic heterocycles. The first kappa shape index (κ1) is 22.6. The summed E-state index contributed by atoms with van der Waals surface area (Å²) in [6.45, 7) is 4.32. The lowest BCUT2D eigenvalue weighted by atomic mass is 9.35. The molecule has 1 unspecified atom stereocenters. The molecule has 6 rings (SSSR count). The van der Waals surface area contributed by atoms with Crippen LogP contribution < -0.4 is 22.1 Å². The van der Waals surface area contributed by atoms with Crippen molar-refractivity contribution in [1.82, 2.24) is 10.5 Å². The van der Waals surface area contributed by atoms with E-state index < -0.39 is 6.23 Å². The maximum atomic E-state index is 12.5. The molecule has 0 saturated heterocycles. The number of nitrogens with zero attached hydrogens (tertiary/aromatic N) is 1. The lowest BCUT2D eigenvalue weighted by molar-refractivity contribution is -0.129. The Morgan fingerprint density at radius 1 is 1.24 bits per heavy atom. The van der Waals surface area contributed by atoms with Gasteiger partial charge in [0.2, 0.25) is 11.8 Å². The summed E-state index contributed by atoms with van der Waals surface area (Å²) in [5, 5.41) is 28.6. The van der Waals surface area contributed by atoms with E-state index in [9.17, 15) is 9.90 Å². The first-order chi connectivity index (χ1) is 16.0. The van der Waals surface area contributed by atoms with Gasteiger partial charge in [0.15, 0.2) is 0 Å². The Kier molecular flexibility index (Phi) is 5.11. The number of aliphatic hydroxyl groups excluding tert-OH is 1. The van der Waals surface area contributed by atoms with Crippen LogP contribution in [0.4, 0.5) is 5.88 Å². The third kappa shape index (κ3) is 4.10. The number of carbonyl (C=O) groups excluding carboxylic acids is 1. The zero-order valence-electron chi connectivity index (χ0n) is 19.6. The molecule has 34 heavy (non-hydrogen) atoms. The molecule has 180 valence electrons. The summed E-state index contributed by atoms with van der Waals surface area (Å²) in [5.41, 5.74) is 14.8. The molecule has 4 saturated carbocycles. The third-order valence-electron chi connectivity index (χ3n) is 7.51. The topological polar surface area (TPSA) is 163 Å². The van der Waals surface area contributed by atoms with Crippen molar-refractivity contribution in [2.24, 2.45) is 16.9 Å². The molecular formula is C25H32N6O3. The van der Waals surface area contributed by atoms with E-state index in [0.29, 0.717) is 16.9 Å². The van der Waals surface area contributed by atoms with Crippen LogP contribution >= 0.6 is 0 Å². The Labute approximate surface area is 198 Å². The van der Waals surface area contributed by atoms with Crippen molar-refractivity contribution >= 4 is 17.5 Å². The fraction of sp³-hybridized carbons (Fsp3) is 0.480. The lowest BCUT2D eigenvalue weighted by Gasteiger charge is -2.68. The minimum atomic E-state index is -1.38. The lowest BCUT2D eigenvalue weighted by Crippen LogP contribution is -2.62. The van der Waals surface area contributed by atoms with Gasteiger partial charge in [0.25, 0.3) is 0 Å². The van der Waals surface area contributed by atoms with Gasteiger partial charge >= 0.3 is 0 Å². The van der Waals surface area contributed by atoms with E-state index in [-0.39, 0.29) is 40.4 Å². The Bertz CT molecular complexity index is 1160. The zero-order valence-corrected chi connectivity index (χ0v) is 19.6. The minimum absolute atomic E-state index is 0.0388. The van der Waals surface area contributed by atoms with Crippen molar-refractivity contribution < 1.29 is 14.4 Å². The van der Waals surface area contributed by atoms with Crippen LogP contribution in [0.25, 0.3) is 0 Å². The number of anilines is 1. The normalized spacial score (nSPS) is 27.5. The van der Waals surface area contributed by atoms with E-state index in [0.717, 1.165) is 43.4 Å². The van der Waals surface area contributed by atoms with Gasteiger partial charge in [-0.3, -0.25) is 15.5 Å². The first-order valence-corrected chi connectivity index (χ1v) is 11.7. The summed E-state index contributed by atoms with van der Waals surface area (Å²) < 4.78 is 5.34. The summed E-state index contributed by atoms with van der Waals surface area (Å²) in [7, 11) is 0. The number of hydrogen-bond donors (Lipinski definition) is 6. The standard InChI is InChI=1S/C25H32N6O3/c1-23-11-25(12-23,13-23)16-10-18(34-31-16)29-17(32)9-14-3-5-15(6-4-14)20(26)19(22(28)33)21(27)30-24(2)7-8-24/h3-6,10,22,26,30,33H,7-9,11-13,27-28H2,1-2H3,(H,29,32)/b21-19+,26-20?. The number of aromatic nitrogens is 1. The molecular weight excluding hydrogens is 432 g/mol. The fourth-order valence-electron chi connectivity index (χ4n) is 5.61. The highest BCUT2D eigenvalue weighted by Crippen LogP contribution is 2.73. The molecule has 1 heterocycles. The van der Waals surface area contributed by atoms with Crippen LogP contribution in [0, 0.1) is 10.8 Å². The highest BCUT2D eigenvalue weighted by atomic mass is 16.5. The van der Waals surface area contributed by atoms with Crippen molar-refractivity contribution in [2.45, 2.75) is 69.6 Å². The Hall–Kier alpha value is -3.17. The molecule has 1 aromatic carbocycles. The number of nitrogens with one attached hydrogen (secondary N) is 3. The second-order valence-electron chi connectivity index (χ2n) is 11.0. The summed E-state index contributed by atoms with van der Waals surface area (Å²) in [6, 6.07) is 8.81. The van der Waals surface area contributed by atoms with Crippen LogP contribution in [0.3, 0.4) is 0 Å². The molecule has 8 N–H and O–H groups in total. The Morgan fingerprint density at radius 2 is 1.88 bits per heavy atom. The molecule has 0 aliphatic heterocycles. The largest absolute Gasteiger partial charge is 0.385 e. The molecule has 0 spiro atoms. The quantitative estimate of drug-likeness (QED) is 0.245. The average molecular weight is 465 g/mol. The predicted molar refractivity (Wildman–Crippen MR) is 128 cm³/mol. The number of hydrogen-bond acceptors (Lipinski definition) is 8. The van der Waals surface area contributed by atoms with Crippen molar-refractivity contribution in [2.75, 3.05) is 5.32 Å². The molecule has 2 aromatic rings. The number of carbonyl (C=O) groups is 1. The molecule has 1 atom stereocenters. The van der Waals surface area contributed by atoms with Gasteiger partial charge in [0.1, 0.15) is 12.0 Å². The van der Waals surface area contributed by atoms with E-state index in [2.05, 4.69) is 22.7 Å². The number of benzene rings is 1. The summed E-state index contributed by atoms with van der Waals surface area (Å²) in [5.74, 6) is 0.370. The highest BCUT2D eigenvalue weighted by Gasteiger charge is 2.66. The number of rotatable bonds is 9. The minimum Gasteiger partial charge on any atom is -0.385 e. The van der Waals surface area contributed by atoms with Gasteiger partial charge in [-0.2, -0.15) is 0 Å². The van der Waals surface area contributed by atoms with Crippen LogP contribution in [0.15, 0.2) is 46.2 Å². The van der Waals surface area contributed by atoms with Crippen LogP contribution in [0.1, 0.15) is 62.8 Å². The van der Waals surface area contributed by atoms with Gasteiger partial charge in [-0.05, 0) is 55.6 Å². The molecule has 2 bridgehead atoms. The Morgan fingerprint density at radius 3 is 2.44 bits per heavy atom. The Balaban J connectivity index is 1.20. The molecule has 0 radical (unpaired) electrons. The highest BCUT2D eigenvalue weighted by molar-refractivity contribution is 6.11. The SMILES string of the molecule is CC12CC(c3cc(NC(=O)Cc4ccc(C(=N)/C(=C(/N)NC5(C)CC5)C(N)O)cc4)on3)(C1)C2. The summed E-state index contributed by atoms with van der Waals surface area (Å²) in [4.78, 5) is 12.5. The van der Waals surface area contributed by atoms with Gasteiger partial charge in [-0.15, -0.1) is 0 Å². The van der Waals surface area contributed by atoms with E-state index in [4.69, 9.17) is 21.4 Å². The number of aliphatic hydroxyl groups is 1. The zero-order chi connectivity index (χ0) is 24.3. The summed E-state index contributed by atoms with van der Waals surface area (Å²) >= 11 is 0. The number of nitrogens with two attached hydrogens (primary N) is 2. The second-order valence-corrected chi connectivity index (χ2v) is 11.0. The van der Waals surface area contributed by atoms with E-state index >= 15 is 0 Å². The first-order valence-electron chi connectivity index (χ1n) is 11.7. The van der Waals surface area contributed by atoms with Crippen molar-refractivity contribution in [1.29, 1.82) is 5.41 Å². The van der Waals surface area contributed by atoms with Crippen LogP contribution in [0.2, 0.25) is 0 Å². The van der Waals surface area contributed by atoms with Gasteiger partial charge < -0.3 is 26.4 Å². The molecule has 4 aliphatic carbocycles. The molecule has 9 nitrogen and oxygen atoms in total. The number of amides is 1. The maximum Gasteiger partial charge on any atom is 0.231 e. The third-order valence-corrected chi connectivity index (χ3v) is 7.51. The van der Waals surface area contributed by atoms with E-state index in [1.807, 2.05) is 13.0 Å². The second kappa shape index (κ2) is 7.68. The smallest absolute Gasteiger partial charge is 0.231 e. The van der Waals surface area contributed by atoms with Crippen molar-refractivity contribution in [3.8, 4) is 0 Å². The van der Waals surface area contributed by atoms with E-state index in [1.165, 1.54) is 0 Å². The van der Waals surface area contributed by atoms with Crippen LogP contribution in [-0.2, 0) is 16.6 Å². The van der Waals surface area contributed by atoms with Crippen LogP contribution in [-0.4, -0.2) is 33.6 Å². The molecule has 9 heteroatoms. The van der Waals surface area contributed by atoms with Crippen LogP contribution in [0.5, 0.6) is 0 Å². The van der Waals surface area contributed by atoms with Gasteiger partial charge in [0, 0.05) is 17.0 Å². The van der Waals surface area contributed by atoms with Crippen molar-refractivity contribution in [3.05, 3.63) is 58.5 Å². The monoisotopic (exact) mass is 464 g/mol.